The van der Waals surface area contributed by atoms with E-state index in [0.717, 1.165) is 24.2 Å². The number of thiophene rings is 1. The van der Waals surface area contributed by atoms with Gasteiger partial charge in [0.1, 0.15) is 4.90 Å². The molecule has 1 atom stereocenters. The van der Waals surface area contributed by atoms with Crippen LogP contribution >= 0.6 is 22.9 Å². The third kappa shape index (κ3) is 3.01. The molecular formula is C9H10ClNO5S2. The van der Waals surface area contributed by atoms with Gasteiger partial charge in [0.05, 0.1) is 5.02 Å². The minimum absolute atomic E-state index is 0.0781. The second-order valence-corrected chi connectivity index (χ2v) is 6.65. The maximum Gasteiger partial charge on any atom is 0.335 e. The summed E-state index contributed by atoms with van der Waals surface area (Å²) in [5, 5.41) is 11.8. The second-order valence-electron chi connectivity index (χ2n) is 3.88. The van der Waals surface area contributed by atoms with Crippen molar-refractivity contribution < 1.29 is 23.2 Å². The van der Waals surface area contributed by atoms with Crippen molar-refractivity contribution in [1.29, 1.82) is 0 Å². The van der Waals surface area contributed by atoms with E-state index in [9.17, 15) is 13.2 Å². The molecule has 1 heterocycles. The van der Waals surface area contributed by atoms with Gasteiger partial charge in [0.2, 0.25) is 0 Å². The Morgan fingerprint density at radius 3 is 2.67 bits per heavy atom. The lowest BCUT2D eigenvalue weighted by molar-refractivity contribution is -0.154. The highest BCUT2D eigenvalue weighted by atomic mass is 35.5. The Labute approximate surface area is 113 Å². The predicted molar refractivity (Wildman–Crippen MR) is 64.9 cm³/mol. The van der Waals surface area contributed by atoms with Crippen LogP contribution in [0.5, 0.6) is 0 Å². The van der Waals surface area contributed by atoms with Crippen LogP contribution < -0.4 is 4.89 Å². The van der Waals surface area contributed by atoms with E-state index in [1.165, 1.54) is 10.8 Å². The molecule has 0 aromatic carbocycles. The molecule has 1 unspecified atom stereocenters. The molecule has 0 spiro atoms. The first kappa shape index (κ1) is 13.8. The summed E-state index contributed by atoms with van der Waals surface area (Å²) in [6, 6.07) is 0. The zero-order chi connectivity index (χ0) is 13.3. The summed E-state index contributed by atoms with van der Waals surface area (Å²) < 4.78 is 23.6. The number of carbonyl (C=O) groups is 1. The highest BCUT2D eigenvalue weighted by molar-refractivity contribution is 7.89. The molecule has 2 N–H and O–H groups in total. The SMILES string of the molecule is O=C(O)C(ONS(=O)(=O)c1cscc1Cl)C1CC1. The topological polar surface area (TPSA) is 92.7 Å². The zero-order valence-corrected chi connectivity index (χ0v) is 11.4. The lowest BCUT2D eigenvalue weighted by Gasteiger charge is -2.12. The number of aliphatic carboxylic acids is 1. The van der Waals surface area contributed by atoms with Crippen LogP contribution in [0.25, 0.3) is 0 Å². The highest BCUT2D eigenvalue weighted by Crippen LogP contribution is 2.34. The van der Waals surface area contributed by atoms with Crippen LogP contribution in [0.1, 0.15) is 12.8 Å². The summed E-state index contributed by atoms with van der Waals surface area (Å²) in [4.78, 5) is 17.3. The summed E-state index contributed by atoms with van der Waals surface area (Å²) in [7, 11) is -3.94. The average Bonchev–Trinajstić information content (AvgIpc) is 2.99. The van der Waals surface area contributed by atoms with E-state index >= 15 is 0 Å². The van der Waals surface area contributed by atoms with E-state index < -0.39 is 22.1 Å². The van der Waals surface area contributed by atoms with Gasteiger partial charge in [0, 0.05) is 10.8 Å². The third-order valence-electron chi connectivity index (χ3n) is 2.45. The van der Waals surface area contributed by atoms with E-state index in [1.54, 1.807) is 0 Å². The number of carboxylic acids is 1. The van der Waals surface area contributed by atoms with Crippen LogP contribution in [0.2, 0.25) is 5.02 Å². The minimum Gasteiger partial charge on any atom is -0.479 e. The van der Waals surface area contributed by atoms with Crippen LogP contribution in [0.4, 0.5) is 0 Å². The second kappa shape index (κ2) is 5.14. The van der Waals surface area contributed by atoms with Gasteiger partial charge in [0.25, 0.3) is 10.0 Å². The molecule has 0 radical (unpaired) electrons. The van der Waals surface area contributed by atoms with Crippen LogP contribution in [-0.2, 0) is 19.7 Å². The molecule has 100 valence electrons. The van der Waals surface area contributed by atoms with Gasteiger partial charge in [-0.25, -0.2) is 13.2 Å². The molecule has 0 amide bonds. The first-order chi connectivity index (χ1) is 8.42. The van der Waals surface area contributed by atoms with Crippen molar-refractivity contribution in [2.75, 3.05) is 0 Å². The van der Waals surface area contributed by atoms with Gasteiger partial charge in [-0.15, -0.1) is 11.3 Å². The van der Waals surface area contributed by atoms with Gasteiger partial charge in [0.15, 0.2) is 6.10 Å². The highest BCUT2D eigenvalue weighted by Gasteiger charge is 2.38. The van der Waals surface area contributed by atoms with Crippen molar-refractivity contribution >= 4 is 38.9 Å². The fourth-order valence-electron chi connectivity index (χ4n) is 1.37. The van der Waals surface area contributed by atoms with Crippen molar-refractivity contribution in [3.63, 3.8) is 0 Å². The van der Waals surface area contributed by atoms with Crippen LogP contribution in [0.3, 0.4) is 0 Å². The van der Waals surface area contributed by atoms with Gasteiger partial charge >= 0.3 is 5.97 Å². The molecule has 0 aliphatic heterocycles. The summed E-state index contributed by atoms with van der Waals surface area (Å²) in [5.74, 6) is -1.32. The summed E-state index contributed by atoms with van der Waals surface area (Å²) in [6.45, 7) is 0. The predicted octanol–water partition coefficient (Wildman–Crippen LogP) is 1.47. The average molecular weight is 312 g/mol. The molecule has 6 nitrogen and oxygen atoms in total. The maximum atomic E-state index is 11.8. The first-order valence-electron chi connectivity index (χ1n) is 5.04. The Morgan fingerprint density at radius 2 is 2.22 bits per heavy atom. The maximum absolute atomic E-state index is 11.8. The largest absolute Gasteiger partial charge is 0.479 e. The van der Waals surface area contributed by atoms with E-state index in [0.29, 0.717) is 0 Å². The molecule has 0 bridgehead atoms. The molecule has 1 aromatic heterocycles. The lowest BCUT2D eigenvalue weighted by atomic mass is 10.2. The van der Waals surface area contributed by atoms with Crippen molar-refractivity contribution in [1.82, 2.24) is 4.89 Å². The molecule has 1 aromatic rings. The molecule has 18 heavy (non-hydrogen) atoms. The number of hydrogen-bond donors (Lipinski definition) is 2. The number of hydrogen-bond acceptors (Lipinski definition) is 5. The molecule has 2 rings (SSSR count). The van der Waals surface area contributed by atoms with Gasteiger partial charge in [-0.3, -0.25) is 4.84 Å². The Kier molecular flexibility index (Phi) is 3.93. The lowest BCUT2D eigenvalue weighted by Crippen LogP contribution is -2.35. The summed E-state index contributed by atoms with van der Waals surface area (Å²) in [5.41, 5.74) is 0. The fourth-order valence-corrected chi connectivity index (χ4v) is 3.90. The molecular weight excluding hydrogens is 302 g/mol. The fraction of sp³-hybridized carbons (Fsp3) is 0.444. The monoisotopic (exact) mass is 311 g/mol. The van der Waals surface area contributed by atoms with E-state index in [1.807, 2.05) is 4.89 Å². The van der Waals surface area contributed by atoms with Crippen molar-refractivity contribution in [2.45, 2.75) is 23.8 Å². The third-order valence-corrected chi connectivity index (χ3v) is 5.13. The Hall–Kier alpha value is -0.670. The first-order valence-corrected chi connectivity index (χ1v) is 7.84. The van der Waals surface area contributed by atoms with Gasteiger partial charge < -0.3 is 5.11 Å². The molecule has 0 saturated heterocycles. The van der Waals surface area contributed by atoms with Gasteiger partial charge in [-0.2, -0.15) is 0 Å². The van der Waals surface area contributed by atoms with E-state index in [2.05, 4.69) is 0 Å². The Balaban J connectivity index is 2.05. The Bertz CT molecular complexity index is 551. The molecule has 1 aliphatic carbocycles. The van der Waals surface area contributed by atoms with E-state index in [-0.39, 0.29) is 15.8 Å². The van der Waals surface area contributed by atoms with Crippen LogP contribution in [-0.4, -0.2) is 25.6 Å². The number of rotatable bonds is 6. The molecule has 9 heteroatoms. The quantitative estimate of drug-likeness (QED) is 0.776. The van der Waals surface area contributed by atoms with Crippen molar-refractivity contribution in [2.24, 2.45) is 5.92 Å². The van der Waals surface area contributed by atoms with E-state index in [4.69, 9.17) is 21.5 Å². The number of sulfonamides is 1. The normalized spacial score (nSPS) is 17.6. The number of halogens is 1. The summed E-state index contributed by atoms with van der Waals surface area (Å²) >= 11 is 6.83. The molecule has 1 aliphatic rings. The van der Waals surface area contributed by atoms with Crippen molar-refractivity contribution in [3.8, 4) is 0 Å². The summed E-state index contributed by atoms with van der Waals surface area (Å²) in [6.07, 6.45) is 0.285. The standard InChI is InChI=1S/C9H10ClNO5S2/c10-6-3-17-4-7(6)18(14,15)11-16-8(9(12)13)5-1-2-5/h3-5,8,11H,1-2H2,(H,12,13). The Morgan fingerprint density at radius 1 is 1.56 bits per heavy atom. The van der Waals surface area contributed by atoms with Gasteiger partial charge in [-0.1, -0.05) is 16.5 Å². The number of nitrogens with one attached hydrogen (secondary N) is 1. The zero-order valence-electron chi connectivity index (χ0n) is 9.00. The van der Waals surface area contributed by atoms with Crippen molar-refractivity contribution in [3.05, 3.63) is 15.8 Å². The molecule has 1 saturated carbocycles. The minimum atomic E-state index is -3.94. The molecule has 1 fully saturated rings. The van der Waals surface area contributed by atoms with Crippen LogP contribution in [0.15, 0.2) is 15.7 Å². The smallest absolute Gasteiger partial charge is 0.335 e. The number of carboxylic acid groups (broad SMARTS) is 1. The van der Waals surface area contributed by atoms with Gasteiger partial charge in [-0.05, 0) is 18.8 Å². The van der Waals surface area contributed by atoms with Crippen LogP contribution in [0, 0.1) is 5.92 Å².